The lowest BCUT2D eigenvalue weighted by Gasteiger charge is -2.34. The summed E-state index contributed by atoms with van der Waals surface area (Å²) in [4.78, 5) is 20.8. The maximum atomic E-state index is 13.7. The number of aromatic nitrogens is 3. The van der Waals surface area contributed by atoms with E-state index in [0.717, 1.165) is 16.1 Å². The van der Waals surface area contributed by atoms with Gasteiger partial charge < -0.3 is 4.90 Å². The Hall–Kier alpha value is -2.36. The van der Waals surface area contributed by atoms with Gasteiger partial charge in [0.2, 0.25) is 0 Å². The van der Waals surface area contributed by atoms with Crippen LogP contribution in [0.3, 0.4) is 0 Å². The summed E-state index contributed by atoms with van der Waals surface area (Å²) < 4.78 is 41.6. The van der Waals surface area contributed by atoms with E-state index in [4.69, 9.17) is 23.2 Å². The predicted octanol–water partition coefficient (Wildman–Crippen LogP) is 4.08. The summed E-state index contributed by atoms with van der Waals surface area (Å²) in [7, 11) is 0. The van der Waals surface area contributed by atoms with E-state index in [2.05, 4.69) is 15.0 Å². The Morgan fingerprint density at radius 2 is 1.87 bits per heavy atom. The summed E-state index contributed by atoms with van der Waals surface area (Å²) in [6.07, 6.45) is 0. The second-order valence-electron chi connectivity index (χ2n) is 7.38. The Kier molecular flexibility index (Phi) is 5.85. The Labute approximate surface area is 186 Å². The van der Waals surface area contributed by atoms with Crippen LogP contribution in [0.25, 0.3) is 5.65 Å². The number of benzene rings is 1. The molecule has 4 rings (SSSR count). The van der Waals surface area contributed by atoms with Crippen LogP contribution in [0.1, 0.15) is 27.4 Å². The highest BCUT2D eigenvalue weighted by Gasteiger charge is 2.33. The average molecular weight is 472 g/mol. The van der Waals surface area contributed by atoms with Crippen molar-refractivity contribution in [1.82, 2.24) is 24.4 Å². The van der Waals surface area contributed by atoms with Crippen molar-refractivity contribution in [2.75, 3.05) is 26.2 Å². The topological polar surface area (TPSA) is 53.7 Å². The predicted molar refractivity (Wildman–Crippen MR) is 110 cm³/mol. The van der Waals surface area contributed by atoms with Crippen LogP contribution >= 0.6 is 23.2 Å². The number of carbonyl (C=O) groups excluding carboxylic acids is 1. The number of carbonyl (C=O) groups is 1. The van der Waals surface area contributed by atoms with E-state index in [1.807, 2.05) is 0 Å². The summed E-state index contributed by atoms with van der Waals surface area (Å²) in [6, 6.07) is 6.80. The van der Waals surface area contributed by atoms with Gasteiger partial charge in [-0.15, -0.1) is 0 Å². The molecule has 1 fully saturated rings. The largest absolute Gasteiger partial charge is 0.364 e. The third-order valence-corrected chi connectivity index (χ3v) is 5.68. The molecule has 164 valence electrons. The first kappa shape index (κ1) is 21.9. The van der Waals surface area contributed by atoms with E-state index in [9.17, 15) is 18.0 Å². The molecule has 11 heteroatoms. The quantitative estimate of drug-likeness (QED) is 0.538. The molecule has 0 saturated carbocycles. The highest BCUT2D eigenvalue weighted by molar-refractivity contribution is 6.31. The summed E-state index contributed by atoms with van der Waals surface area (Å²) >= 11 is 11.3. The van der Waals surface area contributed by atoms with E-state index in [-0.39, 0.29) is 17.2 Å². The number of halogens is 5. The number of alkyl halides is 3. The molecule has 0 spiro atoms. The smallest absolute Gasteiger partial charge is 0.335 e. The zero-order valence-electron chi connectivity index (χ0n) is 16.5. The average Bonchev–Trinajstić information content (AvgIpc) is 3.12. The van der Waals surface area contributed by atoms with Crippen LogP contribution < -0.4 is 0 Å². The normalized spacial score (nSPS) is 15.6. The van der Waals surface area contributed by atoms with Crippen molar-refractivity contribution in [3.63, 3.8) is 0 Å². The minimum atomic E-state index is -3.65. The molecule has 0 aliphatic carbocycles. The first-order valence-corrected chi connectivity index (χ1v) is 10.3. The fourth-order valence-corrected chi connectivity index (χ4v) is 3.93. The van der Waals surface area contributed by atoms with Crippen LogP contribution in [0.5, 0.6) is 0 Å². The number of rotatable bonds is 4. The van der Waals surface area contributed by atoms with Crippen molar-refractivity contribution in [3.8, 4) is 0 Å². The van der Waals surface area contributed by atoms with Crippen molar-refractivity contribution in [1.29, 1.82) is 0 Å². The molecule has 0 bridgehead atoms. The summed E-state index contributed by atoms with van der Waals surface area (Å²) in [6.45, 7) is 4.11. The minimum Gasteiger partial charge on any atom is -0.335 e. The molecule has 31 heavy (non-hydrogen) atoms. The number of nitrogens with zero attached hydrogens (tertiary/aromatic N) is 5. The number of hydrogen-bond acceptors (Lipinski definition) is 4. The van der Waals surface area contributed by atoms with Crippen LogP contribution in [0.2, 0.25) is 5.02 Å². The van der Waals surface area contributed by atoms with E-state index in [1.54, 1.807) is 17.9 Å². The van der Waals surface area contributed by atoms with Gasteiger partial charge in [-0.25, -0.2) is 13.9 Å². The fraction of sp³-hybridized carbons (Fsp3) is 0.350. The van der Waals surface area contributed by atoms with Gasteiger partial charge in [0.05, 0.1) is 0 Å². The lowest BCUT2D eigenvalue weighted by molar-refractivity contribution is 0.0620. The van der Waals surface area contributed by atoms with Gasteiger partial charge in [-0.2, -0.15) is 13.9 Å². The number of fused-ring (bicyclic) bond motifs is 1. The van der Waals surface area contributed by atoms with Crippen molar-refractivity contribution in [2.45, 2.75) is 18.9 Å². The van der Waals surface area contributed by atoms with Gasteiger partial charge in [-0.1, -0.05) is 17.7 Å². The second-order valence-corrected chi connectivity index (χ2v) is 8.27. The van der Waals surface area contributed by atoms with Crippen molar-refractivity contribution in [3.05, 3.63) is 63.8 Å². The molecule has 1 saturated heterocycles. The van der Waals surface area contributed by atoms with Crippen LogP contribution in [0, 0.1) is 12.7 Å². The molecule has 1 amide bonds. The third-order valence-electron chi connectivity index (χ3n) is 5.13. The van der Waals surface area contributed by atoms with Crippen molar-refractivity contribution < 1.29 is 18.0 Å². The van der Waals surface area contributed by atoms with Crippen LogP contribution in [0.4, 0.5) is 13.2 Å². The summed E-state index contributed by atoms with van der Waals surface area (Å²) in [5.41, 5.74) is 0.754. The summed E-state index contributed by atoms with van der Waals surface area (Å²) in [5, 5.41) is 0.746. The minimum absolute atomic E-state index is 0.0234. The molecule has 1 aliphatic heterocycles. The first-order valence-electron chi connectivity index (χ1n) is 9.52. The molecule has 1 aliphatic rings. The summed E-state index contributed by atoms with van der Waals surface area (Å²) in [5.74, 6) is -0.761. The second kappa shape index (κ2) is 8.29. The lowest BCUT2D eigenvalue weighted by atomic mass is 10.2. The van der Waals surface area contributed by atoms with E-state index in [1.165, 1.54) is 18.2 Å². The molecule has 6 nitrogen and oxygen atoms in total. The number of hydrogen-bond donors (Lipinski definition) is 0. The maximum Gasteiger partial charge on any atom is 0.364 e. The van der Waals surface area contributed by atoms with Crippen molar-refractivity contribution >= 4 is 34.8 Å². The molecular formula is C20H18Cl2F3N5O. The monoisotopic (exact) mass is 471 g/mol. The number of aryl methyl sites for hydroxylation is 1. The van der Waals surface area contributed by atoms with E-state index < -0.39 is 16.9 Å². The zero-order chi connectivity index (χ0) is 22.3. The standard InChI is InChI=1S/C20H18Cl2F3N5O/c1-12-8-17(20(22,24)25)30-18(26-12)10-16(27-30)19(31)29-6-4-28(5-7-29)11-13-2-3-14(23)9-15(13)21/h2-3,8-10H,4-7,11H2,1H3. The van der Waals surface area contributed by atoms with Gasteiger partial charge in [0.1, 0.15) is 11.5 Å². The molecule has 3 heterocycles. The van der Waals surface area contributed by atoms with Gasteiger partial charge in [0.15, 0.2) is 11.3 Å². The molecule has 1 aromatic carbocycles. The van der Waals surface area contributed by atoms with Gasteiger partial charge in [-0.05, 0) is 42.3 Å². The molecule has 0 N–H and O–H groups in total. The molecule has 0 unspecified atom stereocenters. The Morgan fingerprint density at radius 1 is 1.16 bits per heavy atom. The van der Waals surface area contributed by atoms with Gasteiger partial charge in [-0.3, -0.25) is 9.69 Å². The SMILES string of the molecule is Cc1cc(C(F)(F)Cl)n2nc(C(=O)N3CCN(Cc4ccc(F)cc4Cl)CC3)cc2n1. The number of amides is 1. The molecule has 0 atom stereocenters. The van der Waals surface area contributed by atoms with Gasteiger partial charge in [0, 0.05) is 49.5 Å². The Morgan fingerprint density at radius 3 is 2.52 bits per heavy atom. The van der Waals surface area contributed by atoms with E-state index >= 15 is 0 Å². The molecule has 0 radical (unpaired) electrons. The van der Waals surface area contributed by atoms with Crippen LogP contribution in [-0.2, 0) is 11.9 Å². The molecule has 2 aromatic heterocycles. The zero-order valence-corrected chi connectivity index (χ0v) is 18.0. The van der Waals surface area contributed by atoms with Crippen LogP contribution in [-0.4, -0.2) is 56.5 Å². The molecule has 3 aromatic rings. The Bertz CT molecular complexity index is 1140. The maximum absolute atomic E-state index is 13.7. The number of piperazine rings is 1. The highest BCUT2D eigenvalue weighted by atomic mass is 35.5. The third kappa shape index (κ3) is 4.63. The van der Waals surface area contributed by atoms with Crippen molar-refractivity contribution in [2.24, 2.45) is 0 Å². The van der Waals surface area contributed by atoms with Gasteiger partial charge >= 0.3 is 5.38 Å². The highest BCUT2D eigenvalue weighted by Crippen LogP contribution is 2.32. The first-order chi connectivity index (χ1) is 14.6. The van der Waals surface area contributed by atoms with Crippen LogP contribution in [0.15, 0.2) is 30.3 Å². The molecular weight excluding hydrogens is 454 g/mol. The lowest BCUT2D eigenvalue weighted by Crippen LogP contribution is -2.48. The Balaban J connectivity index is 1.47. The fourth-order valence-electron chi connectivity index (χ4n) is 3.57. The van der Waals surface area contributed by atoms with E-state index in [0.29, 0.717) is 43.4 Å². The van der Waals surface area contributed by atoms with Gasteiger partial charge in [0.25, 0.3) is 5.91 Å².